The fourth-order valence-electron chi connectivity index (χ4n) is 1.01. The van der Waals surface area contributed by atoms with Crippen LogP contribution in [0.2, 0.25) is 0 Å². The first kappa shape index (κ1) is 11.3. The highest BCUT2D eigenvalue weighted by Crippen LogP contribution is 2.20. The summed E-state index contributed by atoms with van der Waals surface area (Å²) in [4.78, 5) is 19.5. The minimum Gasteiger partial charge on any atom is -0.465 e. The van der Waals surface area contributed by atoms with E-state index in [1.54, 1.807) is 13.0 Å². The van der Waals surface area contributed by atoms with Gasteiger partial charge in [-0.1, -0.05) is 0 Å². The molecule has 0 atom stereocenters. The normalized spacial score (nSPS) is 9.20. The number of nitrogens with zero attached hydrogens (tertiary/aromatic N) is 3. The molecule has 1 amide bonds. The number of aryl methyl sites for hydroxylation is 1. The van der Waals surface area contributed by atoms with Gasteiger partial charge in [0.1, 0.15) is 0 Å². The van der Waals surface area contributed by atoms with Crippen molar-refractivity contribution in [3.05, 3.63) is 17.8 Å². The molecule has 15 heavy (non-hydrogen) atoms. The number of amides is 1. The van der Waals surface area contributed by atoms with E-state index in [0.29, 0.717) is 11.5 Å². The Bertz CT molecular complexity index is 441. The molecule has 0 saturated carbocycles. The molecule has 0 saturated heterocycles. The van der Waals surface area contributed by atoms with Crippen LogP contribution in [-0.4, -0.2) is 28.4 Å². The van der Waals surface area contributed by atoms with E-state index in [0.717, 1.165) is 10.5 Å². The van der Waals surface area contributed by atoms with E-state index in [9.17, 15) is 4.79 Å². The van der Waals surface area contributed by atoms with Crippen LogP contribution < -0.4 is 4.90 Å². The number of anilines is 1. The molecule has 5 nitrogen and oxygen atoms in total. The van der Waals surface area contributed by atoms with Gasteiger partial charge in [-0.3, -0.25) is 4.90 Å². The van der Waals surface area contributed by atoms with Gasteiger partial charge in [-0.05, 0) is 30.8 Å². The van der Waals surface area contributed by atoms with Crippen LogP contribution in [0.3, 0.4) is 0 Å². The molecule has 0 aliphatic rings. The average Bonchev–Trinajstić information content (AvgIpc) is 2.20. The van der Waals surface area contributed by atoms with Gasteiger partial charge in [0.2, 0.25) is 0 Å². The molecule has 1 aromatic heterocycles. The predicted molar refractivity (Wildman–Crippen MR) is 60.1 cm³/mol. The number of aromatic nitrogens is 1. The number of aliphatic imine (C=N–C) groups is 1. The molecule has 0 fully saturated rings. The lowest BCUT2D eigenvalue weighted by molar-refractivity contribution is 0.203. The minimum atomic E-state index is -1.04. The van der Waals surface area contributed by atoms with Crippen LogP contribution in [0, 0.1) is 6.92 Å². The third-order valence-corrected chi connectivity index (χ3v) is 1.95. The van der Waals surface area contributed by atoms with Crippen LogP contribution in [0.5, 0.6) is 0 Å². The van der Waals surface area contributed by atoms with Crippen LogP contribution in [0.25, 0.3) is 0 Å². The van der Waals surface area contributed by atoms with Crippen molar-refractivity contribution in [1.82, 2.24) is 4.98 Å². The van der Waals surface area contributed by atoms with E-state index >= 15 is 0 Å². The van der Waals surface area contributed by atoms with Crippen LogP contribution >= 0.6 is 12.2 Å². The number of rotatable bonds is 2. The summed E-state index contributed by atoms with van der Waals surface area (Å²) in [6.45, 7) is 1.78. The number of isothiocyanates is 1. The first-order valence-corrected chi connectivity index (χ1v) is 4.48. The Morgan fingerprint density at radius 1 is 1.73 bits per heavy atom. The molecular weight excluding hydrogens is 214 g/mol. The summed E-state index contributed by atoms with van der Waals surface area (Å²) in [5.41, 5.74) is 1.24. The third-order valence-electron chi connectivity index (χ3n) is 1.86. The maximum absolute atomic E-state index is 10.7. The Labute approximate surface area is 92.1 Å². The molecule has 78 valence electrons. The Hall–Kier alpha value is -1.78. The number of hydrogen-bond acceptors (Lipinski definition) is 4. The zero-order valence-electron chi connectivity index (χ0n) is 8.26. The third kappa shape index (κ3) is 2.59. The maximum Gasteiger partial charge on any atom is 0.411 e. The van der Waals surface area contributed by atoms with Gasteiger partial charge in [0.05, 0.1) is 17.0 Å². The Morgan fingerprint density at radius 2 is 2.40 bits per heavy atom. The molecule has 1 N–H and O–H groups in total. The Balaban J connectivity index is 3.11. The van der Waals surface area contributed by atoms with Gasteiger partial charge in [-0.2, -0.15) is 4.99 Å². The summed E-state index contributed by atoms with van der Waals surface area (Å²) in [5, 5.41) is 11.0. The van der Waals surface area contributed by atoms with Crippen molar-refractivity contribution in [2.24, 2.45) is 4.99 Å². The van der Waals surface area contributed by atoms with Crippen molar-refractivity contribution in [3.63, 3.8) is 0 Å². The van der Waals surface area contributed by atoms with Gasteiger partial charge in [0.15, 0.2) is 5.82 Å². The number of carbonyl (C=O) groups is 1. The zero-order chi connectivity index (χ0) is 11.4. The SMILES string of the molecule is Cc1cc(N(C)C(=O)O)cnc1N=C=S. The molecule has 0 aliphatic carbocycles. The lowest BCUT2D eigenvalue weighted by Gasteiger charge is -2.13. The molecule has 0 radical (unpaired) electrons. The lowest BCUT2D eigenvalue weighted by atomic mass is 10.2. The van der Waals surface area contributed by atoms with Crippen LogP contribution in [0.15, 0.2) is 17.3 Å². The van der Waals surface area contributed by atoms with Crippen LogP contribution in [-0.2, 0) is 0 Å². The van der Waals surface area contributed by atoms with Crippen molar-refractivity contribution in [2.75, 3.05) is 11.9 Å². The molecule has 0 aliphatic heterocycles. The van der Waals surface area contributed by atoms with Gasteiger partial charge < -0.3 is 5.11 Å². The van der Waals surface area contributed by atoms with E-state index in [4.69, 9.17) is 5.11 Å². The van der Waals surface area contributed by atoms with Crippen LogP contribution in [0.4, 0.5) is 16.3 Å². The second kappa shape index (κ2) is 4.63. The number of hydrogen-bond donors (Lipinski definition) is 1. The number of pyridine rings is 1. The number of thiocarbonyl (C=S) groups is 1. The summed E-state index contributed by atoms with van der Waals surface area (Å²) in [6, 6.07) is 1.67. The molecular formula is C9H9N3O2S. The monoisotopic (exact) mass is 223 g/mol. The molecule has 0 aromatic carbocycles. The van der Waals surface area contributed by atoms with Gasteiger partial charge in [-0.15, -0.1) is 0 Å². The van der Waals surface area contributed by atoms with Crippen molar-refractivity contribution >= 4 is 35.0 Å². The van der Waals surface area contributed by atoms with E-state index in [1.807, 2.05) is 0 Å². The summed E-state index contributed by atoms with van der Waals surface area (Å²) in [7, 11) is 1.45. The Kier molecular flexibility index (Phi) is 3.49. The molecule has 0 unspecified atom stereocenters. The van der Waals surface area contributed by atoms with E-state index in [1.165, 1.54) is 13.2 Å². The molecule has 0 spiro atoms. The highest BCUT2D eigenvalue weighted by atomic mass is 32.1. The largest absolute Gasteiger partial charge is 0.465 e. The molecule has 1 rings (SSSR count). The minimum absolute atomic E-state index is 0.451. The predicted octanol–water partition coefficient (Wildman–Crippen LogP) is 2.24. The highest BCUT2D eigenvalue weighted by Gasteiger charge is 2.09. The standard InChI is InChI=1S/C9H9N3O2S/c1-6-3-7(12(2)9(13)14)4-10-8(6)11-5-15/h3-4H,1-2H3,(H,13,14). The zero-order valence-corrected chi connectivity index (χ0v) is 9.08. The maximum atomic E-state index is 10.7. The lowest BCUT2D eigenvalue weighted by Crippen LogP contribution is -2.23. The summed E-state index contributed by atoms with van der Waals surface area (Å²) in [6.07, 6.45) is 0.384. The molecule has 6 heteroatoms. The fourth-order valence-corrected chi connectivity index (χ4v) is 1.09. The first-order chi connectivity index (χ1) is 7.06. The smallest absolute Gasteiger partial charge is 0.411 e. The first-order valence-electron chi connectivity index (χ1n) is 4.07. The van der Waals surface area contributed by atoms with Crippen molar-refractivity contribution < 1.29 is 9.90 Å². The van der Waals surface area contributed by atoms with Crippen molar-refractivity contribution in [2.45, 2.75) is 6.92 Å². The van der Waals surface area contributed by atoms with Gasteiger partial charge >= 0.3 is 6.09 Å². The molecule has 1 aromatic rings. The topological polar surface area (TPSA) is 65.8 Å². The summed E-state index contributed by atoms with van der Waals surface area (Å²) >= 11 is 4.46. The second-order valence-electron chi connectivity index (χ2n) is 2.88. The Morgan fingerprint density at radius 3 is 2.87 bits per heavy atom. The van der Waals surface area contributed by atoms with E-state index < -0.39 is 6.09 Å². The van der Waals surface area contributed by atoms with Gasteiger partial charge in [0, 0.05) is 7.05 Å². The molecule has 0 bridgehead atoms. The summed E-state index contributed by atoms with van der Waals surface area (Å²) < 4.78 is 0. The van der Waals surface area contributed by atoms with Gasteiger partial charge in [0.25, 0.3) is 0 Å². The second-order valence-corrected chi connectivity index (χ2v) is 3.06. The van der Waals surface area contributed by atoms with E-state index in [-0.39, 0.29) is 0 Å². The molecule has 1 heterocycles. The summed E-state index contributed by atoms with van der Waals surface area (Å²) in [5.74, 6) is 0.451. The quantitative estimate of drug-likeness (QED) is 0.616. The highest BCUT2D eigenvalue weighted by molar-refractivity contribution is 7.78. The van der Waals surface area contributed by atoms with E-state index in [2.05, 4.69) is 27.4 Å². The van der Waals surface area contributed by atoms with Crippen molar-refractivity contribution in [3.8, 4) is 0 Å². The van der Waals surface area contributed by atoms with Crippen molar-refractivity contribution in [1.29, 1.82) is 0 Å². The number of carboxylic acid groups (broad SMARTS) is 1. The average molecular weight is 223 g/mol. The van der Waals surface area contributed by atoms with Crippen LogP contribution in [0.1, 0.15) is 5.56 Å². The van der Waals surface area contributed by atoms with Gasteiger partial charge in [-0.25, -0.2) is 9.78 Å². The fraction of sp³-hybridized carbons (Fsp3) is 0.222.